The number of hydrogen-bond acceptors (Lipinski definition) is 1. The normalized spacial score (nSPS) is 13.4. The van der Waals surface area contributed by atoms with E-state index in [4.69, 9.17) is 4.98 Å². The molecule has 0 N–H and O–H groups in total. The van der Waals surface area contributed by atoms with Gasteiger partial charge in [-0.05, 0) is 60.8 Å². The van der Waals surface area contributed by atoms with Gasteiger partial charge in [-0.25, -0.2) is 0 Å². The third-order valence-electron chi connectivity index (χ3n) is 10.1. The molecule has 46 heavy (non-hydrogen) atoms. The second-order valence-electron chi connectivity index (χ2n) is 12.3. The highest BCUT2D eigenvalue weighted by Crippen LogP contribution is 2.39. The summed E-state index contributed by atoms with van der Waals surface area (Å²) in [7, 11) is -2.85. The molecule has 0 saturated heterocycles. The molecule has 0 fully saturated rings. The Morgan fingerprint density at radius 1 is 0.435 bits per heavy atom. The van der Waals surface area contributed by atoms with Crippen LogP contribution < -0.4 is 20.7 Å². The molecule has 10 rings (SSSR count). The van der Waals surface area contributed by atoms with Crippen LogP contribution in [0.3, 0.4) is 0 Å². The smallest absolute Gasteiger partial charge is 0.184 e. The number of fused-ring (bicyclic) bond motifs is 11. The standard InChI is InChI=1S/C43H28N2Si/c1-4-15-30(16-5-1)45-39-23-13-12-22-34(39)38-28-44-40-37(41(38)45)27-26-36-35-25-24-29-14-10-11-21-33(29)42(35)46(43(36)40,31-17-6-2-7-18-31)32-19-8-3-9-20-32/h1-28H. The maximum atomic E-state index is 5.47. The van der Waals surface area contributed by atoms with E-state index in [1.807, 2.05) is 0 Å². The minimum atomic E-state index is -2.85. The van der Waals surface area contributed by atoms with Crippen LogP contribution in [-0.4, -0.2) is 17.6 Å². The number of para-hydroxylation sites is 2. The SMILES string of the molecule is c1ccc(-n2c3ccccc3c3cnc4c5c(ccc4c32)-c2ccc3ccccc3c2[Si]5(c2ccccc2)c2ccccc2)cc1. The van der Waals surface area contributed by atoms with Crippen LogP contribution in [-0.2, 0) is 0 Å². The lowest BCUT2D eigenvalue weighted by molar-refractivity contribution is 1.18. The second-order valence-corrected chi connectivity index (χ2v) is 15.9. The largest absolute Gasteiger partial charge is 0.309 e. The first kappa shape index (κ1) is 25.5. The van der Waals surface area contributed by atoms with Crippen molar-refractivity contribution in [2.24, 2.45) is 0 Å². The van der Waals surface area contributed by atoms with Crippen molar-refractivity contribution in [3.8, 4) is 16.8 Å². The summed E-state index contributed by atoms with van der Waals surface area (Å²) in [4.78, 5) is 5.47. The average molecular weight is 601 g/mol. The van der Waals surface area contributed by atoms with E-state index in [0.29, 0.717) is 0 Å². The Morgan fingerprint density at radius 3 is 1.76 bits per heavy atom. The number of nitrogens with zero attached hydrogens (tertiary/aromatic N) is 2. The van der Waals surface area contributed by atoms with E-state index in [0.717, 1.165) is 11.2 Å². The van der Waals surface area contributed by atoms with Crippen LogP contribution in [0.4, 0.5) is 0 Å². The Morgan fingerprint density at radius 2 is 1.02 bits per heavy atom. The summed E-state index contributed by atoms with van der Waals surface area (Å²) < 4.78 is 2.44. The monoisotopic (exact) mass is 600 g/mol. The minimum Gasteiger partial charge on any atom is -0.309 e. The molecule has 3 heteroatoms. The second kappa shape index (κ2) is 9.61. The van der Waals surface area contributed by atoms with Crippen LogP contribution in [0.2, 0.25) is 0 Å². The van der Waals surface area contributed by atoms with Crippen LogP contribution in [0.5, 0.6) is 0 Å². The predicted molar refractivity (Wildman–Crippen MR) is 196 cm³/mol. The third kappa shape index (κ3) is 3.27. The lowest BCUT2D eigenvalue weighted by Gasteiger charge is -2.32. The minimum absolute atomic E-state index is 1.10. The first-order valence-corrected chi connectivity index (χ1v) is 17.9. The number of benzene rings is 7. The van der Waals surface area contributed by atoms with Crippen LogP contribution in [0.15, 0.2) is 170 Å². The summed E-state index contributed by atoms with van der Waals surface area (Å²) in [6.45, 7) is 0. The van der Waals surface area contributed by atoms with Gasteiger partial charge in [-0.15, -0.1) is 0 Å². The van der Waals surface area contributed by atoms with Gasteiger partial charge in [-0.2, -0.15) is 0 Å². The van der Waals surface area contributed by atoms with Crippen molar-refractivity contribution in [3.05, 3.63) is 170 Å². The third-order valence-corrected chi connectivity index (χ3v) is 15.0. The van der Waals surface area contributed by atoms with E-state index in [9.17, 15) is 0 Å². The maximum Gasteiger partial charge on any atom is 0.184 e. The van der Waals surface area contributed by atoms with Gasteiger partial charge < -0.3 is 4.57 Å². The summed E-state index contributed by atoms with van der Waals surface area (Å²) in [5.41, 5.74) is 7.31. The van der Waals surface area contributed by atoms with Crippen molar-refractivity contribution in [1.29, 1.82) is 0 Å². The highest BCUT2D eigenvalue weighted by atomic mass is 28.3. The van der Waals surface area contributed by atoms with Gasteiger partial charge in [0.05, 0.1) is 16.6 Å². The van der Waals surface area contributed by atoms with Crippen molar-refractivity contribution in [3.63, 3.8) is 0 Å². The molecular formula is C43H28N2Si. The van der Waals surface area contributed by atoms with Gasteiger partial charge in [0.25, 0.3) is 0 Å². The Balaban J connectivity index is 1.45. The topological polar surface area (TPSA) is 17.8 Å². The van der Waals surface area contributed by atoms with Gasteiger partial charge in [0.2, 0.25) is 0 Å². The molecule has 214 valence electrons. The van der Waals surface area contributed by atoms with Gasteiger partial charge >= 0.3 is 0 Å². The zero-order valence-electron chi connectivity index (χ0n) is 25.1. The summed E-state index contributed by atoms with van der Waals surface area (Å²) in [6.07, 6.45) is 2.13. The number of hydrogen-bond donors (Lipinski definition) is 0. The lowest BCUT2D eigenvalue weighted by atomic mass is 9.99. The van der Waals surface area contributed by atoms with Crippen molar-refractivity contribution in [1.82, 2.24) is 9.55 Å². The molecule has 0 unspecified atom stereocenters. The molecule has 7 aromatic carbocycles. The van der Waals surface area contributed by atoms with Gasteiger partial charge in [-0.1, -0.05) is 146 Å². The Kier molecular flexibility index (Phi) is 5.34. The molecule has 1 aliphatic rings. The Hall–Kier alpha value is -5.77. The summed E-state index contributed by atoms with van der Waals surface area (Å²) >= 11 is 0. The molecule has 1 aliphatic heterocycles. The summed E-state index contributed by atoms with van der Waals surface area (Å²) in [5, 5.41) is 11.8. The van der Waals surface area contributed by atoms with Crippen LogP contribution >= 0.6 is 0 Å². The van der Waals surface area contributed by atoms with E-state index < -0.39 is 8.07 Å². The van der Waals surface area contributed by atoms with Crippen molar-refractivity contribution < 1.29 is 0 Å². The van der Waals surface area contributed by atoms with Crippen LogP contribution in [0, 0.1) is 0 Å². The molecule has 9 aromatic rings. The van der Waals surface area contributed by atoms with Crippen molar-refractivity contribution in [2.75, 3.05) is 0 Å². The first-order valence-electron chi connectivity index (χ1n) is 15.9. The van der Waals surface area contributed by atoms with Gasteiger partial charge in [0, 0.05) is 28.0 Å². The summed E-state index contributed by atoms with van der Waals surface area (Å²) in [5.74, 6) is 0. The molecule has 0 aliphatic carbocycles. The van der Waals surface area contributed by atoms with E-state index in [-0.39, 0.29) is 0 Å². The molecule has 2 aromatic heterocycles. The molecule has 0 saturated carbocycles. The van der Waals surface area contributed by atoms with Gasteiger partial charge in [-0.3, -0.25) is 4.98 Å². The maximum absolute atomic E-state index is 5.47. The molecule has 2 nitrogen and oxygen atoms in total. The predicted octanol–water partition coefficient (Wildman–Crippen LogP) is 7.84. The van der Waals surface area contributed by atoms with E-state index in [2.05, 4.69) is 175 Å². The van der Waals surface area contributed by atoms with Crippen LogP contribution in [0.25, 0.3) is 60.3 Å². The molecule has 0 atom stereocenters. The van der Waals surface area contributed by atoms with Crippen LogP contribution in [0.1, 0.15) is 0 Å². The zero-order chi connectivity index (χ0) is 30.2. The summed E-state index contributed by atoms with van der Waals surface area (Å²) in [6, 6.07) is 60.4. The highest BCUT2D eigenvalue weighted by molar-refractivity contribution is 7.24. The van der Waals surface area contributed by atoms with E-state index in [1.165, 1.54) is 69.8 Å². The fourth-order valence-corrected chi connectivity index (χ4v) is 13.9. The fraction of sp³-hybridized carbons (Fsp3) is 0. The van der Waals surface area contributed by atoms with Gasteiger partial charge in [0.1, 0.15) is 0 Å². The average Bonchev–Trinajstić information content (AvgIpc) is 3.64. The van der Waals surface area contributed by atoms with Gasteiger partial charge in [0.15, 0.2) is 8.07 Å². The Bertz CT molecular complexity index is 2580. The first-order chi connectivity index (χ1) is 22.9. The van der Waals surface area contributed by atoms with Crippen molar-refractivity contribution >= 4 is 72.3 Å². The number of rotatable bonds is 3. The quantitative estimate of drug-likeness (QED) is 0.189. The fourth-order valence-electron chi connectivity index (χ4n) is 8.30. The molecule has 0 bridgehead atoms. The molecular weight excluding hydrogens is 573 g/mol. The molecule has 0 spiro atoms. The molecule has 0 amide bonds. The molecule has 0 radical (unpaired) electrons. The molecule has 3 heterocycles. The lowest BCUT2D eigenvalue weighted by Crippen LogP contribution is -2.73. The number of aromatic nitrogens is 2. The zero-order valence-corrected chi connectivity index (χ0v) is 26.1. The Labute approximate surface area is 267 Å². The van der Waals surface area contributed by atoms with E-state index >= 15 is 0 Å². The van der Waals surface area contributed by atoms with Crippen molar-refractivity contribution in [2.45, 2.75) is 0 Å². The van der Waals surface area contributed by atoms with E-state index in [1.54, 1.807) is 0 Å². The highest BCUT2D eigenvalue weighted by Gasteiger charge is 2.51. The number of pyridine rings is 1.